The molecule has 0 aliphatic heterocycles. The van der Waals surface area contributed by atoms with Gasteiger partial charge in [0.15, 0.2) is 0 Å². The van der Waals surface area contributed by atoms with Crippen LogP contribution in [-0.2, 0) is 0 Å². The average Bonchev–Trinajstić information content (AvgIpc) is 2.54. The molecule has 6 nitrogen and oxygen atoms in total. The number of nitrogens with one attached hydrogen (secondary N) is 2. The predicted molar refractivity (Wildman–Crippen MR) is 99.6 cm³/mol. The maximum Gasteiger partial charge on any atom is 0.270 e. The third-order valence-electron chi connectivity index (χ3n) is 3.70. The molecule has 2 rings (SSSR count). The second kappa shape index (κ2) is 8.46. The van der Waals surface area contributed by atoms with Crippen LogP contribution in [0, 0.1) is 19.8 Å². The molecule has 2 N–H and O–H groups in total. The van der Waals surface area contributed by atoms with Crippen molar-refractivity contribution in [3.8, 4) is 5.75 Å². The number of hydrogen-bond donors (Lipinski definition) is 2. The summed E-state index contributed by atoms with van der Waals surface area (Å²) in [5.74, 6) is 2.16. The van der Waals surface area contributed by atoms with Crippen LogP contribution in [0.5, 0.6) is 5.75 Å². The molecular formula is C19H26N4O2. The van der Waals surface area contributed by atoms with E-state index in [9.17, 15) is 4.79 Å². The van der Waals surface area contributed by atoms with E-state index >= 15 is 0 Å². The van der Waals surface area contributed by atoms with E-state index in [4.69, 9.17) is 4.74 Å². The number of ether oxygens (including phenoxy) is 1. The maximum atomic E-state index is 12.3. The van der Waals surface area contributed by atoms with Crippen LogP contribution in [0.2, 0.25) is 0 Å². The molecule has 0 atom stereocenters. The molecule has 134 valence electrons. The number of nitrogens with zero attached hydrogens (tertiary/aromatic N) is 2. The Balaban J connectivity index is 2.19. The van der Waals surface area contributed by atoms with Gasteiger partial charge >= 0.3 is 0 Å². The lowest BCUT2D eigenvalue weighted by molar-refractivity contribution is 0.0946. The number of amides is 1. The van der Waals surface area contributed by atoms with E-state index in [-0.39, 0.29) is 5.91 Å². The van der Waals surface area contributed by atoms with Crippen LogP contribution in [0.1, 0.15) is 42.1 Å². The Morgan fingerprint density at radius 3 is 2.64 bits per heavy atom. The summed E-state index contributed by atoms with van der Waals surface area (Å²) in [6.07, 6.45) is 0.932. The molecule has 0 saturated heterocycles. The van der Waals surface area contributed by atoms with Crippen molar-refractivity contribution in [1.29, 1.82) is 0 Å². The Labute approximate surface area is 149 Å². The number of aryl methyl sites for hydroxylation is 2. The molecule has 1 aromatic carbocycles. The highest BCUT2D eigenvalue weighted by Gasteiger charge is 2.12. The third kappa shape index (κ3) is 5.45. The van der Waals surface area contributed by atoms with Crippen LogP contribution in [0.25, 0.3) is 0 Å². The fourth-order valence-corrected chi connectivity index (χ4v) is 2.37. The molecule has 0 aliphatic carbocycles. The summed E-state index contributed by atoms with van der Waals surface area (Å²) in [7, 11) is 1.62. The van der Waals surface area contributed by atoms with Gasteiger partial charge in [0, 0.05) is 12.6 Å². The number of rotatable bonds is 7. The van der Waals surface area contributed by atoms with Gasteiger partial charge in [-0.15, -0.1) is 0 Å². The van der Waals surface area contributed by atoms with Crippen molar-refractivity contribution in [2.75, 3.05) is 19.0 Å². The van der Waals surface area contributed by atoms with E-state index in [1.807, 2.05) is 25.1 Å². The van der Waals surface area contributed by atoms with Crippen molar-refractivity contribution in [3.63, 3.8) is 0 Å². The molecule has 0 aliphatic rings. The molecule has 0 fully saturated rings. The largest absolute Gasteiger partial charge is 0.495 e. The SMILES string of the molecule is COc1ccc(C)cc1Nc1cc(C(=O)NCCC(C)C)nc(C)n1. The highest BCUT2D eigenvalue weighted by atomic mass is 16.5. The Kier molecular flexibility index (Phi) is 6.33. The summed E-state index contributed by atoms with van der Waals surface area (Å²) in [5.41, 5.74) is 2.25. The highest BCUT2D eigenvalue weighted by Crippen LogP contribution is 2.28. The Hall–Kier alpha value is -2.63. The van der Waals surface area contributed by atoms with E-state index in [0.717, 1.165) is 17.7 Å². The average molecular weight is 342 g/mol. The summed E-state index contributed by atoms with van der Waals surface area (Å²) < 4.78 is 5.37. The lowest BCUT2D eigenvalue weighted by atomic mass is 10.1. The number of anilines is 2. The first-order chi connectivity index (χ1) is 11.9. The molecule has 2 aromatic rings. The number of methoxy groups -OCH3 is 1. The molecule has 25 heavy (non-hydrogen) atoms. The minimum absolute atomic E-state index is 0.189. The zero-order chi connectivity index (χ0) is 18.4. The first-order valence-electron chi connectivity index (χ1n) is 8.44. The van der Waals surface area contributed by atoms with Crippen molar-refractivity contribution in [2.24, 2.45) is 5.92 Å². The molecule has 0 radical (unpaired) electrons. The van der Waals surface area contributed by atoms with Gasteiger partial charge in [0.05, 0.1) is 12.8 Å². The third-order valence-corrected chi connectivity index (χ3v) is 3.70. The molecule has 1 heterocycles. The molecule has 0 saturated carbocycles. The van der Waals surface area contributed by atoms with Crippen molar-refractivity contribution in [1.82, 2.24) is 15.3 Å². The molecular weight excluding hydrogens is 316 g/mol. The van der Waals surface area contributed by atoms with Gasteiger partial charge in [-0.05, 0) is 43.9 Å². The minimum atomic E-state index is -0.189. The smallest absolute Gasteiger partial charge is 0.270 e. The Morgan fingerprint density at radius 1 is 1.20 bits per heavy atom. The molecule has 1 aromatic heterocycles. The number of aromatic nitrogens is 2. The second-order valence-corrected chi connectivity index (χ2v) is 6.45. The molecule has 1 amide bonds. The summed E-state index contributed by atoms with van der Waals surface area (Å²) in [6.45, 7) is 8.65. The van der Waals surface area contributed by atoms with E-state index in [2.05, 4.69) is 34.4 Å². The standard InChI is InChI=1S/C19H26N4O2/c1-12(2)8-9-20-19(24)16-11-18(22-14(4)21-16)23-15-10-13(3)6-7-17(15)25-5/h6-7,10-12H,8-9H2,1-5H3,(H,20,24)(H,21,22,23). The monoisotopic (exact) mass is 342 g/mol. The second-order valence-electron chi connectivity index (χ2n) is 6.45. The molecule has 6 heteroatoms. The van der Waals surface area contributed by atoms with Gasteiger partial charge in [-0.1, -0.05) is 19.9 Å². The van der Waals surface area contributed by atoms with E-state index in [0.29, 0.717) is 35.5 Å². The van der Waals surface area contributed by atoms with Gasteiger partial charge in [-0.2, -0.15) is 0 Å². The van der Waals surface area contributed by atoms with E-state index < -0.39 is 0 Å². The van der Waals surface area contributed by atoms with Crippen LogP contribution >= 0.6 is 0 Å². The Morgan fingerprint density at radius 2 is 1.96 bits per heavy atom. The van der Waals surface area contributed by atoms with Crippen LogP contribution < -0.4 is 15.4 Å². The predicted octanol–water partition coefficient (Wildman–Crippen LogP) is 3.62. The number of hydrogen-bond acceptors (Lipinski definition) is 5. The first kappa shape index (κ1) is 18.7. The normalized spacial score (nSPS) is 10.6. The van der Waals surface area contributed by atoms with Crippen molar-refractivity contribution < 1.29 is 9.53 Å². The first-order valence-corrected chi connectivity index (χ1v) is 8.44. The van der Waals surface area contributed by atoms with Crippen LogP contribution in [-0.4, -0.2) is 29.5 Å². The number of benzene rings is 1. The van der Waals surface area contributed by atoms with Gasteiger partial charge < -0.3 is 15.4 Å². The zero-order valence-electron chi connectivity index (χ0n) is 15.5. The van der Waals surface area contributed by atoms with Crippen LogP contribution in [0.4, 0.5) is 11.5 Å². The fourth-order valence-electron chi connectivity index (χ4n) is 2.37. The maximum absolute atomic E-state index is 12.3. The lowest BCUT2D eigenvalue weighted by Gasteiger charge is -2.13. The van der Waals surface area contributed by atoms with Crippen LogP contribution in [0.3, 0.4) is 0 Å². The van der Waals surface area contributed by atoms with Crippen LogP contribution in [0.15, 0.2) is 24.3 Å². The van der Waals surface area contributed by atoms with Crippen molar-refractivity contribution in [2.45, 2.75) is 34.1 Å². The van der Waals surface area contributed by atoms with Gasteiger partial charge in [-0.25, -0.2) is 9.97 Å². The molecule has 0 unspecified atom stereocenters. The van der Waals surface area contributed by atoms with E-state index in [1.54, 1.807) is 20.1 Å². The topological polar surface area (TPSA) is 76.1 Å². The summed E-state index contributed by atoms with van der Waals surface area (Å²) in [4.78, 5) is 20.9. The van der Waals surface area contributed by atoms with E-state index in [1.165, 1.54) is 0 Å². The summed E-state index contributed by atoms with van der Waals surface area (Å²) in [6, 6.07) is 7.49. The quantitative estimate of drug-likeness (QED) is 0.804. The Bertz CT molecular complexity index is 744. The van der Waals surface area contributed by atoms with Gasteiger partial charge in [0.25, 0.3) is 5.91 Å². The minimum Gasteiger partial charge on any atom is -0.495 e. The molecule has 0 spiro atoms. The fraction of sp³-hybridized carbons (Fsp3) is 0.421. The van der Waals surface area contributed by atoms with Crippen molar-refractivity contribution in [3.05, 3.63) is 41.3 Å². The summed E-state index contributed by atoms with van der Waals surface area (Å²) >= 11 is 0. The molecule has 0 bridgehead atoms. The lowest BCUT2D eigenvalue weighted by Crippen LogP contribution is -2.26. The van der Waals surface area contributed by atoms with Gasteiger partial charge in [-0.3, -0.25) is 4.79 Å². The number of carbonyl (C=O) groups is 1. The highest BCUT2D eigenvalue weighted by molar-refractivity contribution is 5.93. The van der Waals surface area contributed by atoms with Gasteiger partial charge in [0.2, 0.25) is 0 Å². The summed E-state index contributed by atoms with van der Waals surface area (Å²) in [5, 5.41) is 6.12. The number of carbonyl (C=O) groups excluding carboxylic acids is 1. The van der Waals surface area contributed by atoms with Crippen molar-refractivity contribution >= 4 is 17.4 Å². The zero-order valence-corrected chi connectivity index (χ0v) is 15.5. The van der Waals surface area contributed by atoms with Gasteiger partial charge in [0.1, 0.15) is 23.1 Å².